The molecule has 6 rings (SSSR count). The highest BCUT2D eigenvalue weighted by molar-refractivity contribution is 6.24. The lowest BCUT2D eigenvalue weighted by Crippen LogP contribution is -2.46. The Morgan fingerprint density at radius 3 is 2.28 bits per heavy atom. The molecule has 5 atom stereocenters. The number of allylic oxidation sites excluding steroid dienone is 2. The van der Waals surface area contributed by atoms with Crippen LogP contribution in [0.4, 0.5) is 5.69 Å². The molecular formula is C26H27NO2. The third kappa shape index (κ3) is 2.63. The zero-order valence-electron chi connectivity index (χ0n) is 17.2. The molecule has 3 heteroatoms. The van der Waals surface area contributed by atoms with E-state index in [2.05, 4.69) is 26.8 Å². The highest BCUT2D eigenvalue weighted by atomic mass is 16.2. The van der Waals surface area contributed by atoms with Crippen LogP contribution in [0.15, 0.2) is 66.2 Å². The first kappa shape index (κ1) is 18.4. The molecule has 2 amide bonds. The highest BCUT2D eigenvalue weighted by Gasteiger charge is 2.61. The zero-order valence-corrected chi connectivity index (χ0v) is 17.2. The van der Waals surface area contributed by atoms with Crippen molar-refractivity contribution in [2.45, 2.75) is 27.2 Å². The number of fused-ring (bicyclic) bond motifs is 1. The summed E-state index contributed by atoms with van der Waals surface area (Å²) in [6.07, 6.45) is 3.33. The Hall–Kier alpha value is -2.68. The minimum atomic E-state index is -0.207. The van der Waals surface area contributed by atoms with Crippen molar-refractivity contribution in [3.8, 4) is 11.1 Å². The molecule has 0 N–H and O–H groups in total. The molecule has 29 heavy (non-hydrogen) atoms. The average Bonchev–Trinajstić information content (AvgIpc) is 3.00. The zero-order chi connectivity index (χ0) is 20.3. The van der Waals surface area contributed by atoms with Crippen LogP contribution in [-0.4, -0.2) is 11.8 Å². The number of rotatable bonds is 3. The Labute approximate surface area is 172 Å². The summed E-state index contributed by atoms with van der Waals surface area (Å²) in [5.74, 6) is 0.948. The molecule has 0 aromatic heterocycles. The van der Waals surface area contributed by atoms with Gasteiger partial charge in [0, 0.05) is 5.56 Å². The van der Waals surface area contributed by atoms with E-state index in [1.165, 1.54) is 10.5 Å². The van der Waals surface area contributed by atoms with E-state index in [-0.39, 0.29) is 35.5 Å². The lowest BCUT2D eigenvalue weighted by atomic mass is 9.54. The molecule has 0 radical (unpaired) electrons. The van der Waals surface area contributed by atoms with Gasteiger partial charge in [0.15, 0.2) is 0 Å². The average molecular weight is 386 g/mol. The quantitative estimate of drug-likeness (QED) is 0.529. The van der Waals surface area contributed by atoms with E-state index in [9.17, 15) is 9.59 Å². The topological polar surface area (TPSA) is 37.4 Å². The Morgan fingerprint density at radius 2 is 1.55 bits per heavy atom. The first-order valence-electron chi connectivity index (χ1n) is 10.7. The van der Waals surface area contributed by atoms with Gasteiger partial charge in [-0.3, -0.25) is 9.59 Å². The number of carbonyl (C=O) groups excluding carboxylic acids is 2. The standard InChI is InChI=1S/C26H27NO2/c1-15(2)19-14-20-16(3)13-21(19)24-23(20)25(28)27(26(24)29)22-12-8-7-11-18(22)17-9-5-4-6-10-17/h4-13,15,19-21,23-24H,14H2,1-3H3/t19-,20?,21?,23?,24?/m0/s1. The van der Waals surface area contributed by atoms with Crippen molar-refractivity contribution in [2.75, 3.05) is 4.90 Å². The molecule has 1 aliphatic heterocycles. The van der Waals surface area contributed by atoms with E-state index < -0.39 is 0 Å². The first-order valence-corrected chi connectivity index (χ1v) is 10.7. The minimum absolute atomic E-state index is 0.00645. The molecule has 2 aromatic carbocycles. The highest BCUT2D eigenvalue weighted by Crippen LogP contribution is 2.57. The summed E-state index contributed by atoms with van der Waals surface area (Å²) in [7, 11) is 0. The van der Waals surface area contributed by atoms with E-state index in [1.54, 1.807) is 0 Å². The van der Waals surface area contributed by atoms with Crippen LogP contribution in [0.1, 0.15) is 27.2 Å². The molecule has 1 heterocycles. The molecule has 0 spiro atoms. The van der Waals surface area contributed by atoms with Crippen molar-refractivity contribution in [1.82, 2.24) is 0 Å². The number of hydrogen-bond donors (Lipinski definition) is 0. The van der Waals surface area contributed by atoms with Crippen molar-refractivity contribution in [3.63, 3.8) is 0 Å². The molecule has 148 valence electrons. The van der Waals surface area contributed by atoms with Gasteiger partial charge in [-0.2, -0.15) is 0 Å². The van der Waals surface area contributed by atoms with Crippen LogP contribution in [0, 0.1) is 35.5 Å². The molecule has 3 aliphatic carbocycles. The summed E-state index contributed by atoms with van der Waals surface area (Å²) in [6.45, 7) is 6.63. The Bertz CT molecular complexity index is 1010. The van der Waals surface area contributed by atoms with Gasteiger partial charge in [0.05, 0.1) is 17.5 Å². The Morgan fingerprint density at radius 1 is 0.897 bits per heavy atom. The van der Waals surface area contributed by atoms with Gasteiger partial charge in [-0.25, -0.2) is 4.90 Å². The predicted molar refractivity (Wildman–Crippen MR) is 115 cm³/mol. The van der Waals surface area contributed by atoms with Gasteiger partial charge in [0.2, 0.25) is 11.8 Å². The third-order valence-corrected chi connectivity index (χ3v) is 7.39. The van der Waals surface area contributed by atoms with Crippen molar-refractivity contribution < 1.29 is 9.59 Å². The van der Waals surface area contributed by atoms with Gasteiger partial charge < -0.3 is 0 Å². The predicted octanol–water partition coefficient (Wildman–Crippen LogP) is 5.33. The van der Waals surface area contributed by atoms with Gasteiger partial charge in [-0.15, -0.1) is 0 Å². The van der Waals surface area contributed by atoms with Gasteiger partial charge >= 0.3 is 0 Å². The lowest BCUT2D eigenvalue weighted by Gasteiger charge is -2.48. The summed E-state index contributed by atoms with van der Waals surface area (Å²) in [5, 5.41) is 0. The molecule has 1 saturated carbocycles. The third-order valence-electron chi connectivity index (χ3n) is 7.39. The van der Waals surface area contributed by atoms with E-state index in [0.717, 1.165) is 23.2 Å². The van der Waals surface area contributed by atoms with Crippen LogP contribution in [0.5, 0.6) is 0 Å². The smallest absolute Gasteiger partial charge is 0.238 e. The van der Waals surface area contributed by atoms with Crippen molar-refractivity contribution in [1.29, 1.82) is 0 Å². The number of hydrogen-bond acceptors (Lipinski definition) is 2. The van der Waals surface area contributed by atoms with Crippen LogP contribution in [-0.2, 0) is 9.59 Å². The van der Waals surface area contributed by atoms with E-state index in [4.69, 9.17) is 0 Å². The second kappa shape index (κ2) is 6.69. The van der Waals surface area contributed by atoms with Crippen LogP contribution in [0.3, 0.4) is 0 Å². The maximum Gasteiger partial charge on any atom is 0.238 e. The molecule has 2 fully saturated rings. The molecular weight excluding hydrogens is 358 g/mol. The number of anilines is 1. The fourth-order valence-electron chi connectivity index (χ4n) is 6.01. The fourth-order valence-corrected chi connectivity index (χ4v) is 6.01. The van der Waals surface area contributed by atoms with Crippen LogP contribution < -0.4 is 4.90 Å². The largest absolute Gasteiger partial charge is 0.274 e. The van der Waals surface area contributed by atoms with E-state index in [0.29, 0.717) is 11.8 Å². The van der Waals surface area contributed by atoms with Crippen LogP contribution >= 0.6 is 0 Å². The SMILES string of the molecule is CC1=CC2C3C(=O)N(c4ccccc4-c4ccccc4)C(=O)C3C1C[C@H]2C(C)C. The molecule has 4 unspecified atom stereocenters. The summed E-state index contributed by atoms with van der Waals surface area (Å²) >= 11 is 0. The normalized spacial score (nSPS) is 30.7. The van der Waals surface area contributed by atoms with Gasteiger partial charge in [-0.05, 0) is 48.6 Å². The number of para-hydroxylation sites is 1. The van der Waals surface area contributed by atoms with Gasteiger partial charge in [0.1, 0.15) is 0 Å². The number of carbonyl (C=O) groups is 2. The van der Waals surface area contributed by atoms with Crippen molar-refractivity contribution in [3.05, 3.63) is 66.2 Å². The van der Waals surface area contributed by atoms with Gasteiger partial charge in [0.25, 0.3) is 0 Å². The summed E-state index contributed by atoms with van der Waals surface area (Å²) < 4.78 is 0. The molecule has 4 aliphatic rings. The Balaban J connectivity index is 1.60. The molecule has 2 aromatic rings. The van der Waals surface area contributed by atoms with Crippen molar-refractivity contribution >= 4 is 17.5 Å². The van der Waals surface area contributed by atoms with Crippen LogP contribution in [0.2, 0.25) is 0 Å². The minimum Gasteiger partial charge on any atom is -0.274 e. The lowest BCUT2D eigenvalue weighted by molar-refractivity contribution is -0.127. The summed E-state index contributed by atoms with van der Waals surface area (Å²) in [4.78, 5) is 28.8. The summed E-state index contributed by atoms with van der Waals surface area (Å²) in [6, 6.07) is 17.8. The maximum atomic E-state index is 13.7. The second-order valence-corrected chi connectivity index (χ2v) is 9.18. The van der Waals surface area contributed by atoms with E-state index in [1.807, 2.05) is 54.6 Å². The van der Waals surface area contributed by atoms with Crippen molar-refractivity contribution in [2.24, 2.45) is 35.5 Å². The maximum absolute atomic E-state index is 13.7. The number of imide groups is 1. The fraction of sp³-hybridized carbons (Fsp3) is 0.385. The number of benzene rings is 2. The molecule has 2 bridgehead atoms. The molecule has 3 nitrogen and oxygen atoms in total. The number of nitrogens with zero attached hydrogens (tertiary/aromatic N) is 1. The number of amides is 2. The molecule has 1 saturated heterocycles. The second-order valence-electron chi connectivity index (χ2n) is 9.18. The first-order chi connectivity index (χ1) is 14.0. The monoisotopic (exact) mass is 385 g/mol. The van der Waals surface area contributed by atoms with Gasteiger partial charge in [-0.1, -0.05) is 74.0 Å². The summed E-state index contributed by atoms with van der Waals surface area (Å²) in [5.41, 5.74) is 3.98. The Kier molecular flexibility index (Phi) is 4.23. The van der Waals surface area contributed by atoms with E-state index >= 15 is 0 Å². The van der Waals surface area contributed by atoms with Crippen LogP contribution in [0.25, 0.3) is 11.1 Å².